The number of anilines is 1. The fraction of sp³-hybridized carbons (Fsp3) is 0.133. The third-order valence-electron chi connectivity index (χ3n) is 2.84. The van der Waals surface area contributed by atoms with Crippen molar-refractivity contribution in [2.24, 2.45) is 0 Å². The van der Waals surface area contributed by atoms with Crippen LogP contribution >= 0.6 is 0 Å². The van der Waals surface area contributed by atoms with Gasteiger partial charge in [-0.1, -0.05) is 36.4 Å². The Kier molecular flexibility index (Phi) is 4.13. The van der Waals surface area contributed by atoms with Gasteiger partial charge < -0.3 is 11.1 Å². The van der Waals surface area contributed by atoms with E-state index >= 15 is 0 Å². The minimum atomic E-state index is -0.573. The van der Waals surface area contributed by atoms with Crippen LogP contribution in [0.1, 0.15) is 15.9 Å². The first kappa shape index (κ1) is 13.1. The van der Waals surface area contributed by atoms with Gasteiger partial charge in [-0.3, -0.25) is 4.79 Å². The van der Waals surface area contributed by atoms with Gasteiger partial charge in [-0.05, 0) is 24.1 Å². The van der Waals surface area contributed by atoms with Crippen LogP contribution in [-0.4, -0.2) is 12.5 Å². The van der Waals surface area contributed by atoms with E-state index in [-0.39, 0.29) is 17.2 Å². The summed E-state index contributed by atoms with van der Waals surface area (Å²) in [6.45, 7) is 0.485. The van der Waals surface area contributed by atoms with E-state index in [0.717, 1.165) is 12.0 Å². The van der Waals surface area contributed by atoms with E-state index in [2.05, 4.69) is 5.32 Å². The number of para-hydroxylation sites is 1. The van der Waals surface area contributed by atoms with Gasteiger partial charge in [0, 0.05) is 6.54 Å². The van der Waals surface area contributed by atoms with Gasteiger partial charge in [0.1, 0.15) is 5.82 Å². The lowest BCUT2D eigenvalue weighted by Gasteiger charge is -2.08. The number of nitrogen functional groups attached to an aromatic ring is 1. The number of halogens is 1. The van der Waals surface area contributed by atoms with E-state index in [4.69, 9.17) is 5.73 Å². The third-order valence-corrected chi connectivity index (χ3v) is 2.84. The highest BCUT2D eigenvalue weighted by Crippen LogP contribution is 2.15. The molecule has 2 rings (SSSR count). The normalized spacial score (nSPS) is 10.2. The predicted octanol–water partition coefficient (Wildman–Crippen LogP) is 2.38. The molecule has 3 nitrogen and oxygen atoms in total. The molecule has 0 radical (unpaired) electrons. The maximum absolute atomic E-state index is 13.2. The number of nitrogens with two attached hydrogens (primary N) is 1. The number of rotatable bonds is 4. The Morgan fingerprint density at radius 3 is 2.58 bits per heavy atom. The second-order valence-electron chi connectivity index (χ2n) is 4.19. The van der Waals surface area contributed by atoms with Crippen molar-refractivity contribution >= 4 is 11.6 Å². The molecular formula is C15H15FN2O. The summed E-state index contributed by atoms with van der Waals surface area (Å²) in [5.74, 6) is -0.927. The first-order chi connectivity index (χ1) is 9.18. The molecular weight excluding hydrogens is 243 g/mol. The van der Waals surface area contributed by atoms with E-state index in [1.54, 1.807) is 0 Å². The molecule has 0 heterocycles. The Balaban J connectivity index is 1.93. The first-order valence-electron chi connectivity index (χ1n) is 6.04. The molecule has 0 saturated carbocycles. The summed E-state index contributed by atoms with van der Waals surface area (Å²) < 4.78 is 13.2. The Morgan fingerprint density at radius 1 is 1.11 bits per heavy atom. The van der Waals surface area contributed by atoms with E-state index in [1.807, 2.05) is 30.3 Å². The summed E-state index contributed by atoms with van der Waals surface area (Å²) in [5, 5.41) is 2.73. The zero-order valence-electron chi connectivity index (χ0n) is 10.4. The molecule has 98 valence electrons. The number of hydrogen-bond donors (Lipinski definition) is 2. The van der Waals surface area contributed by atoms with E-state index in [1.165, 1.54) is 18.2 Å². The van der Waals surface area contributed by atoms with Crippen LogP contribution in [0, 0.1) is 5.82 Å². The predicted molar refractivity (Wildman–Crippen MR) is 73.3 cm³/mol. The molecule has 0 bridgehead atoms. The van der Waals surface area contributed by atoms with Crippen molar-refractivity contribution in [2.75, 3.05) is 12.3 Å². The topological polar surface area (TPSA) is 55.1 Å². The van der Waals surface area contributed by atoms with Gasteiger partial charge >= 0.3 is 0 Å². The summed E-state index contributed by atoms with van der Waals surface area (Å²) in [4.78, 5) is 11.9. The van der Waals surface area contributed by atoms with Gasteiger partial charge in [0.15, 0.2) is 0 Å². The molecule has 0 atom stereocenters. The Labute approximate surface area is 111 Å². The summed E-state index contributed by atoms with van der Waals surface area (Å²) in [7, 11) is 0. The van der Waals surface area contributed by atoms with Crippen LogP contribution in [-0.2, 0) is 6.42 Å². The molecule has 0 aromatic heterocycles. The van der Waals surface area contributed by atoms with Gasteiger partial charge in [-0.15, -0.1) is 0 Å². The Bertz CT molecular complexity index is 570. The summed E-state index contributed by atoms with van der Waals surface area (Å²) in [6, 6.07) is 14.0. The quantitative estimate of drug-likeness (QED) is 0.827. The van der Waals surface area contributed by atoms with Crippen molar-refractivity contribution in [3.05, 3.63) is 65.5 Å². The lowest BCUT2D eigenvalue weighted by molar-refractivity contribution is 0.0954. The molecule has 2 aromatic rings. The van der Waals surface area contributed by atoms with Crippen molar-refractivity contribution in [2.45, 2.75) is 6.42 Å². The number of carbonyl (C=O) groups is 1. The zero-order chi connectivity index (χ0) is 13.7. The molecule has 0 spiro atoms. The molecule has 0 unspecified atom stereocenters. The van der Waals surface area contributed by atoms with Crippen LogP contribution in [0.2, 0.25) is 0 Å². The average molecular weight is 258 g/mol. The Morgan fingerprint density at radius 2 is 1.84 bits per heavy atom. The molecule has 2 aromatic carbocycles. The van der Waals surface area contributed by atoms with Gasteiger partial charge in [0.2, 0.25) is 0 Å². The van der Waals surface area contributed by atoms with Gasteiger partial charge in [-0.25, -0.2) is 4.39 Å². The van der Waals surface area contributed by atoms with Crippen LogP contribution in [0.5, 0.6) is 0 Å². The van der Waals surface area contributed by atoms with Crippen LogP contribution in [0.15, 0.2) is 48.5 Å². The highest BCUT2D eigenvalue weighted by molar-refractivity contribution is 5.99. The highest BCUT2D eigenvalue weighted by Gasteiger charge is 2.11. The Hall–Kier alpha value is -2.36. The minimum absolute atomic E-state index is 0.111. The van der Waals surface area contributed by atoms with Crippen LogP contribution in [0.3, 0.4) is 0 Å². The fourth-order valence-electron chi connectivity index (χ4n) is 1.80. The van der Waals surface area contributed by atoms with Crippen molar-refractivity contribution in [1.82, 2.24) is 5.32 Å². The van der Waals surface area contributed by atoms with Crippen molar-refractivity contribution in [3.63, 3.8) is 0 Å². The standard InChI is InChI=1S/C15H15FN2O/c16-13-8-4-7-12(14(13)17)15(19)18-10-9-11-5-2-1-3-6-11/h1-8H,9-10,17H2,(H,18,19). The average Bonchev–Trinajstić information content (AvgIpc) is 2.43. The third kappa shape index (κ3) is 3.31. The first-order valence-corrected chi connectivity index (χ1v) is 6.04. The number of carbonyl (C=O) groups excluding carboxylic acids is 1. The molecule has 1 amide bonds. The maximum Gasteiger partial charge on any atom is 0.253 e. The molecule has 0 aliphatic rings. The summed E-state index contributed by atoms with van der Waals surface area (Å²) >= 11 is 0. The van der Waals surface area contributed by atoms with Crippen molar-refractivity contribution in [1.29, 1.82) is 0 Å². The van der Waals surface area contributed by atoms with Gasteiger partial charge in [0.25, 0.3) is 5.91 Å². The minimum Gasteiger partial charge on any atom is -0.396 e. The lowest BCUT2D eigenvalue weighted by atomic mass is 10.1. The molecule has 0 aliphatic carbocycles. The molecule has 4 heteroatoms. The lowest BCUT2D eigenvalue weighted by Crippen LogP contribution is -2.26. The fourth-order valence-corrected chi connectivity index (χ4v) is 1.80. The van der Waals surface area contributed by atoms with Crippen molar-refractivity contribution < 1.29 is 9.18 Å². The summed E-state index contributed by atoms with van der Waals surface area (Å²) in [5.41, 5.74) is 6.73. The molecule has 3 N–H and O–H groups in total. The van der Waals surface area contributed by atoms with Crippen LogP contribution in [0.25, 0.3) is 0 Å². The van der Waals surface area contributed by atoms with Gasteiger partial charge in [0.05, 0.1) is 11.3 Å². The zero-order valence-corrected chi connectivity index (χ0v) is 10.4. The molecule has 19 heavy (non-hydrogen) atoms. The number of benzene rings is 2. The monoisotopic (exact) mass is 258 g/mol. The van der Waals surface area contributed by atoms with E-state index in [9.17, 15) is 9.18 Å². The second kappa shape index (κ2) is 6.00. The van der Waals surface area contributed by atoms with Crippen LogP contribution in [0.4, 0.5) is 10.1 Å². The highest BCUT2D eigenvalue weighted by atomic mass is 19.1. The molecule has 0 aliphatic heterocycles. The molecule has 0 saturated heterocycles. The number of nitrogens with one attached hydrogen (secondary N) is 1. The number of hydrogen-bond acceptors (Lipinski definition) is 2. The van der Waals surface area contributed by atoms with E-state index in [0.29, 0.717) is 6.54 Å². The second-order valence-corrected chi connectivity index (χ2v) is 4.19. The molecule has 0 fully saturated rings. The van der Waals surface area contributed by atoms with Gasteiger partial charge in [-0.2, -0.15) is 0 Å². The largest absolute Gasteiger partial charge is 0.396 e. The van der Waals surface area contributed by atoms with E-state index < -0.39 is 5.82 Å². The smallest absolute Gasteiger partial charge is 0.253 e. The van der Waals surface area contributed by atoms with Crippen LogP contribution < -0.4 is 11.1 Å². The maximum atomic E-state index is 13.2. The SMILES string of the molecule is Nc1c(F)cccc1C(=O)NCCc1ccccc1. The number of amides is 1. The van der Waals surface area contributed by atoms with Crippen molar-refractivity contribution in [3.8, 4) is 0 Å². The summed E-state index contributed by atoms with van der Waals surface area (Å²) in [6.07, 6.45) is 0.724.